The molecule has 0 unspecified atom stereocenters. The molecule has 1 aliphatic rings. The average Bonchev–Trinajstić information content (AvgIpc) is 2.78. The van der Waals surface area contributed by atoms with Crippen LogP contribution in [0, 0.1) is 6.92 Å². The van der Waals surface area contributed by atoms with Crippen LogP contribution in [-0.2, 0) is 20.7 Å². The normalized spacial score (nSPS) is 17.1. The molecule has 1 amide bonds. The quantitative estimate of drug-likeness (QED) is 0.669. The van der Waals surface area contributed by atoms with Crippen molar-refractivity contribution in [3.8, 4) is 0 Å². The van der Waals surface area contributed by atoms with E-state index in [0.29, 0.717) is 0 Å². The van der Waals surface area contributed by atoms with E-state index in [9.17, 15) is 9.59 Å². The summed E-state index contributed by atoms with van der Waals surface area (Å²) in [7, 11) is 0. The Morgan fingerprint density at radius 3 is 2.48 bits per heavy atom. The van der Waals surface area contributed by atoms with Gasteiger partial charge in [0.25, 0.3) is 5.91 Å². The average molecular weight is 317 g/mol. The number of ether oxygens (including phenoxy) is 1. The first kappa shape index (κ1) is 17.5. The third-order valence-electron chi connectivity index (χ3n) is 4.48. The lowest BCUT2D eigenvalue weighted by molar-refractivity contribution is -0.154. The number of esters is 1. The number of aryl methyl sites for hydroxylation is 1. The molecule has 1 saturated carbocycles. The topological polar surface area (TPSA) is 55.4 Å². The Hall–Kier alpha value is -1.84. The van der Waals surface area contributed by atoms with E-state index >= 15 is 0 Å². The molecule has 1 aliphatic carbocycles. The molecule has 0 radical (unpaired) electrons. The van der Waals surface area contributed by atoms with Crippen molar-refractivity contribution in [1.82, 2.24) is 5.32 Å². The van der Waals surface area contributed by atoms with Crippen LogP contribution in [-0.4, -0.2) is 24.0 Å². The van der Waals surface area contributed by atoms with Crippen LogP contribution in [0.4, 0.5) is 0 Å². The van der Waals surface area contributed by atoms with Crippen LogP contribution < -0.4 is 5.32 Å². The molecule has 2 rings (SSSR count). The Kier molecular flexibility index (Phi) is 6.63. The number of rotatable bonds is 5. The molecule has 1 atom stereocenters. The lowest BCUT2D eigenvalue weighted by Gasteiger charge is -2.19. The van der Waals surface area contributed by atoms with Gasteiger partial charge in [-0.2, -0.15) is 0 Å². The first-order chi connectivity index (χ1) is 11.1. The Bertz CT molecular complexity index is 533. The summed E-state index contributed by atoms with van der Waals surface area (Å²) >= 11 is 0. The number of carbonyl (C=O) groups is 2. The SMILES string of the molecule is Cc1ccccc1CC(=O)O[C@H](C)C(=O)NC1CCCCCC1. The van der Waals surface area contributed by atoms with Crippen molar-refractivity contribution in [3.05, 3.63) is 35.4 Å². The van der Waals surface area contributed by atoms with E-state index in [0.717, 1.165) is 36.8 Å². The molecule has 4 heteroatoms. The maximum atomic E-state index is 12.2. The summed E-state index contributed by atoms with van der Waals surface area (Å²) in [5.74, 6) is -0.544. The van der Waals surface area contributed by atoms with Crippen LogP contribution in [0.5, 0.6) is 0 Å². The zero-order valence-corrected chi connectivity index (χ0v) is 14.1. The molecule has 126 valence electrons. The first-order valence-electron chi connectivity index (χ1n) is 8.60. The van der Waals surface area contributed by atoms with Crippen LogP contribution >= 0.6 is 0 Å². The number of carbonyl (C=O) groups excluding carboxylic acids is 2. The van der Waals surface area contributed by atoms with Crippen molar-refractivity contribution >= 4 is 11.9 Å². The molecule has 1 aromatic carbocycles. The highest BCUT2D eigenvalue weighted by molar-refractivity contribution is 5.84. The molecule has 23 heavy (non-hydrogen) atoms. The molecular formula is C19H27NO3. The van der Waals surface area contributed by atoms with Gasteiger partial charge in [-0.25, -0.2) is 0 Å². The van der Waals surface area contributed by atoms with Gasteiger partial charge < -0.3 is 10.1 Å². The van der Waals surface area contributed by atoms with E-state index in [1.165, 1.54) is 12.8 Å². The minimum absolute atomic E-state index is 0.185. The minimum Gasteiger partial charge on any atom is -0.452 e. The fourth-order valence-electron chi connectivity index (χ4n) is 3.00. The van der Waals surface area contributed by atoms with Crippen molar-refractivity contribution in [1.29, 1.82) is 0 Å². The van der Waals surface area contributed by atoms with Gasteiger partial charge >= 0.3 is 5.97 Å². The summed E-state index contributed by atoms with van der Waals surface area (Å²) in [6.45, 7) is 3.60. The Labute approximate surface area is 138 Å². The molecule has 0 spiro atoms. The van der Waals surface area contributed by atoms with Crippen LogP contribution in [0.15, 0.2) is 24.3 Å². The summed E-state index contributed by atoms with van der Waals surface area (Å²) in [6, 6.07) is 7.94. The van der Waals surface area contributed by atoms with Gasteiger partial charge in [0.2, 0.25) is 0 Å². The highest BCUT2D eigenvalue weighted by atomic mass is 16.5. The monoisotopic (exact) mass is 317 g/mol. The molecule has 0 aliphatic heterocycles. The minimum atomic E-state index is -0.741. The Morgan fingerprint density at radius 2 is 1.83 bits per heavy atom. The molecule has 0 bridgehead atoms. The van der Waals surface area contributed by atoms with Gasteiger partial charge in [0, 0.05) is 6.04 Å². The summed E-state index contributed by atoms with van der Waals surface area (Å²) < 4.78 is 5.29. The van der Waals surface area contributed by atoms with Gasteiger partial charge in [-0.15, -0.1) is 0 Å². The fourth-order valence-corrected chi connectivity index (χ4v) is 3.00. The summed E-state index contributed by atoms with van der Waals surface area (Å²) in [4.78, 5) is 24.2. The smallest absolute Gasteiger partial charge is 0.311 e. The second-order valence-electron chi connectivity index (χ2n) is 6.43. The molecular weight excluding hydrogens is 290 g/mol. The Morgan fingerprint density at radius 1 is 1.17 bits per heavy atom. The van der Waals surface area contributed by atoms with Gasteiger partial charge in [-0.05, 0) is 37.8 Å². The summed E-state index contributed by atoms with van der Waals surface area (Å²) in [6.07, 6.45) is 6.31. The number of hydrogen-bond acceptors (Lipinski definition) is 3. The first-order valence-corrected chi connectivity index (χ1v) is 8.60. The highest BCUT2D eigenvalue weighted by Gasteiger charge is 2.22. The van der Waals surface area contributed by atoms with E-state index in [1.54, 1.807) is 6.92 Å². The predicted octanol–water partition coefficient (Wildman–Crippen LogP) is 3.31. The lowest BCUT2D eigenvalue weighted by atomic mass is 10.1. The van der Waals surface area contributed by atoms with Crippen molar-refractivity contribution in [2.24, 2.45) is 0 Å². The standard InChI is InChI=1S/C19H27NO3/c1-14-9-7-8-10-16(14)13-18(21)23-15(2)19(22)20-17-11-5-3-4-6-12-17/h7-10,15,17H,3-6,11-13H2,1-2H3,(H,20,22)/t15-/m1/s1. The third-order valence-corrected chi connectivity index (χ3v) is 4.48. The zero-order valence-electron chi connectivity index (χ0n) is 14.1. The van der Waals surface area contributed by atoms with Crippen LogP contribution in [0.3, 0.4) is 0 Å². The predicted molar refractivity (Wildman–Crippen MR) is 90.1 cm³/mol. The summed E-state index contributed by atoms with van der Waals surface area (Å²) in [5.41, 5.74) is 1.99. The maximum Gasteiger partial charge on any atom is 0.311 e. The molecule has 0 aromatic heterocycles. The number of amides is 1. The molecule has 1 N–H and O–H groups in total. The largest absolute Gasteiger partial charge is 0.452 e. The fraction of sp³-hybridized carbons (Fsp3) is 0.579. The molecule has 4 nitrogen and oxygen atoms in total. The second kappa shape index (κ2) is 8.70. The molecule has 1 fully saturated rings. The second-order valence-corrected chi connectivity index (χ2v) is 6.43. The van der Waals surface area contributed by atoms with Gasteiger partial charge in [0.15, 0.2) is 6.10 Å². The van der Waals surface area contributed by atoms with E-state index < -0.39 is 6.10 Å². The van der Waals surface area contributed by atoms with Gasteiger partial charge in [-0.3, -0.25) is 9.59 Å². The van der Waals surface area contributed by atoms with Gasteiger partial charge in [-0.1, -0.05) is 49.9 Å². The van der Waals surface area contributed by atoms with Crippen molar-refractivity contribution < 1.29 is 14.3 Å². The molecule has 0 heterocycles. The maximum absolute atomic E-state index is 12.2. The number of benzene rings is 1. The number of nitrogens with one attached hydrogen (secondary N) is 1. The lowest BCUT2D eigenvalue weighted by Crippen LogP contribution is -2.42. The van der Waals surface area contributed by atoms with E-state index in [2.05, 4.69) is 5.32 Å². The molecule has 0 saturated heterocycles. The van der Waals surface area contributed by atoms with Crippen LogP contribution in [0.1, 0.15) is 56.6 Å². The van der Waals surface area contributed by atoms with Crippen molar-refractivity contribution in [2.45, 2.75) is 70.9 Å². The van der Waals surface area contributed by atoms with Crippen LogP contribution in [0.2, 0.25) is 0 Å². The summed E-state index contributed by atoms with van der Waals surface area (Å²) in [5, 5.41) is 3.02. The zero-order chi connectivity index (χ0) is 16.7. The van der Waals surface area contributed by atoms with Gasteiger partial charge in [0.05, 0.1) is 6.42 Å². The molecule has 1 aromatic rings. The van der Waals surface area contributed by atoms with Crippen LogP contribution in [0.25, 0.3) is 0 Å². The Balaban J connectivity index is 1.80. The van der Waals surface area contributed by atoms with Crippen molar-refractivity contribution in [3.63, 3.8) is 0 Å². The third kappa shape index (κ3) is 5.70. The van der Waals surface area contributed by atoms with E-state index in [1.807, 2.05) is 31.2 Å². The highest BCUT2D eigenvalue weighted by Crippen LogP contribution is 2.17. The number of hydrogen-bond donors (Lipinski definition) is 1. The van der Waals surface area contributed by atoms with E-state index in [4.69, 9.17) is 4.74 Å². The van der Waals surface area contributed by atoms with Crippen molar-refractivity contribution in [2.75, 3.05) is 0 Å². The van der Waals surface area contributed by atoms with E-state index in [-0.39, 0.29) is 24.3 Å². The van der Waals surface area contributed by atoms with Gasteiger partial charge in [0.1, 0.15) is 0 Å².